The Balaban J connectivity index is 2.12. The van der Waals surface area contributed by atoms with E-state index >= 15 is 0 Å². The quantitative estimate of drug-likeness (QED) is 0.478. The number of nitrogens with zero attached hydrogens (tertiary/aromatic N) is 1. The van der Waals surface area contributed by atoms with Gasteiger partial charge >= 0.3 is 12.1 Å². The molecule has 0 aliphatic carbocycles. The summed E-state index contributed by atoms with van der Waals surface area (Å²) in [4.78, 5) is 28.0. The highest BCUT2D eigenvalue weighted by Gasteiger charge is 2.48. The molecule has 30 heavy (non-hydrogen) atoms. The maximum Gasteiger partial charge on any atom is 0.411 e. The van der Waals surface area contributed by atoms with Crippen molar-refractivity contribution in [2.45, 2.75) is 57.4 Å². The average Bonchev–Trinajstić information content (AvgIpc) is 2.72. The van der Waals surface area contributed by atoms with Gasteiger partial charge in [0.2, 0.25) is 0 Å². The van der Waals surface area contributed by atoms with Crippen molar-refractivity contribution in [2.75, 3.05) is 0 Å². The van der Waals surface area contributed by atoms with Crippen LogP contribution in [0.15, 0.2) is 73.3 Å². The Kier molecular flexibility index (Phi) is 6.60. The molecule has 5 heteroatoms. The standard InChI is InChI=1S/C25H29NO4/c1-5-6-17-20-23(27)29-22(19-15-11-8-12-16-19)21(18-13-9-7-10-14-18)26(20)24(28)30-25(2,3)4/h5,7-16,20-22H,1,6,17H2,2-4H3. The SMILES string of the molecule is C=CCCC1C(=O)OC(c2ccccc2)C(c2ccccc2)N1C(=O)OC(C)(C)C. The molecule has 3 unspecified atom stereocenters. The van der Waals surface area contributed by atoms with Crippen LogP contribution in [0.1, 0.15) is 56.9 Å². The Morgan fingerprint density at radius 2 is 1.63 bits per heavy atom. The largest absolute Gasteiger partial charge is 0.453 e. The molecule has 158 valence electrons. The van der Waals surface area contributed by atoms with Gasteiger partial charge in [-0.1, -0.05) is 66.7 Å². The van der Waals surface area contributed by atoms with Gasteiger partial charge in [-0.3, -0.25) is 4.90 Å². The molecule has 1 aliphatic heterocycles. The summed E-state index contributed by atoms with van der Waals surface area (Å²) in [5.41, 5.74) is 1.02. The van der Waals surface area contributed by atoms with E-state index in [-0.39, 0.29) is 0 Å². The van der Waals surface area contributed by atoms with E-state index < -0.39 is 35.9 Å². The molecule has 3 rings (SSSR count). The van der Waals surface area contributed by atoms with Crippen LogP contribution in [-0.2, 0) is 14.3 Å². The first kappa shape index (κ1) is 21.6. The van der Waals surface area contributed by atoms with Crippen molar-refractivity contribution in [1.29, 1.82) is 0 Å². The molecule has 0 radical (unpaired) electrons. The zero-order valence-electron chi connectivity index (χ0n) is 17.8. The van der Waals surface area contributed by atoms with Gasteiger partial charge < -0.3 is 9.47 Å². The number of morpholine rings is 1. The lowest BCUT2D eigenvalue weighted by Gasteiger charge is -2.45. The highest BCUT2D eigenvalue weighted by molar-refractivity contribution is 5.83. The van der Waals surface area contributed by atoms with Crippen molar-refractivity contribution in [3.8, 4) is 0 Å². The third-order valence-electron chi connectivity index (χ3n) is 4.96. The van der Waals surface area contributed by atoms with E-state index in [4.69, 9.17) is 9.47 Å². The minimum Gasteiger partial charge on any atom is -0.453 e. The summed E-state index contributed by atoms with van der Waals surface area (Å²) in [6.45, 7) is 9.21. The number of benzene rings is 2. The van der Waals surface area contributed by atoms with Crippen LogP contribution in [0.5, 0.6) is 0 Å². The smallest absolute Gasteiger partial charge is 0.411 e. The van der Waals surface area contributed by atoms with E-state index in [2.05, 4.69) is 6.58 Å². The molecule has 2 aromatic rings. The van der Waals surface area contributed by atoms with Gasteiger partial charge in [-0.05, 0) is 44.7 Å². The Hall–Kier alpha value is -3.08. The fourth-order valence-corrected chi connectivity index (χ4v) is 3.69. The van der Waals surface area contributed by atoms with Crippen molar-refractivity contribution in [1.82, 2.24) is 4.90 Å². The van der Waals surface area contributed by atoms with Crippen molar-refractivity contribution >= 4 is 12.1 Å². The molecule has 0 aromatic heterocycles. The molecule has 1 saturated heterocycles. The number of amides is 1. The van der Waals surface area contributed by atoms with Crippen LogP contribution in [0, 0.1) is 0 Å². The summed E-state index contributed by atoms with van der Waals surface area (Å²) in [6, 6.07) is 17.9. The van der Waals surface area contributed by atoms with Crippen LogP contribution in [0.2, 0.25) is 0 Å². The topological polar surface area (TPSA) is 55.8 Å². The van der Waals surface area contributed by atoms with Crippen LogP contribution in [0.3, 0.4) is 0 Å². The van der Waals surface area contributed by atoms with Crippen LogP contribution >= 0.6 is 0 Å². The van der Waals surface area contributed by atoms with Crippen LogP contribution < -0.4 is 0 Å². The molecule has 0 N–H and O–H groups in total. The zero-order chi connectivity index (χ0) is 21.7. The van der Waals surface area contributed by atoms with Gasteiger partial charge in [-0.25, -0.2) is 9.59 Å². The van der Waals surface area contributed by atoms with Crippen LogP contribution in [-0.4, -0.2) is 28.6 Å². The lowest BCUT2D eigenvalue weighted by Crippen LogP contribution is -2.55. The van der Waals surface area contributed by atoms with E-state index in [0.29, 0.717) is 12.8 Å². The lowest BCUT2D eigenvalue weighted by atomic mass is 9.90. The van der Waals surface area contributed by atoms with E-state index in [1.54, 1.807) is 11.0 Å². The molecular weight excluding hydrogens is 378 g/mol. The number of cyclic esters (lactones) is 1. The maximum atomic E-state index is 13.4. The Morgan fingerprint density at radius 3 is 2.17 bits per heavy atom. The molecule has 3 atom stereocenters. The Morgan fingerprint density at radius 1 is 1.07 bits per heavy atom. The van der Waals surface area contributed by atoms with Crippen molar-refractivity contribution in [3.05, 3.63) is 84.4 Å². The number of ether oxygens (including phenoxy) is 2. The number of hydrogen-bond donors (Lipinski definition) is 0. The number of carbonyl (C=O) groups is 2. The first-order chi connectivity index (χ1) is 14.3. The molecule has 0 saturated carbocycles. The molecule has 1 fully saturated rings. The van der Waals surface area contributed by atoms with Gasteiger partial charge in [0.05, 0.1) is 0 Å². The highest BCUT2D eigenvalue weighted by atomic mass is 16.6. The summed E-state index contributed by atoms with van der Waals surface area (Å²) >= 11 is 0. The van der Waals surface area contributed by atoms with Gasteiger partial charge in [0, 0.05) is 0 Å². The monoisotopic (exact) mass is 407 g/mol. The van der Waals surface area contributed by atoms with Gasteiger partial charge in [-0.2, -0.15) is 0 Å². The van der Waals surface area contributed by atoms with Crippen LogP contribution in [0.4, 0.5) is 4.79 Å². The minimum absolute atomic E-state index is 0.423. The van der Waals surface area contributed by atoms with Crippen molar-refractivity contribution < 1.29 is 19.1 Å². The van der Waals surface area contributed by atoms with E-state index in [0.717, 1.165) is 11.1 Å². The summed E-state index contributed by atoms with van der Waals surface area (Å²) in [7, 11) is 0. The zero-order valence-corrected chi connectivity index (χ0v) is 17.8. The fourth-order valence-electron chi connectivity index (χ4n) is 3.69. The Labute approximate surface area is 178 Å². The van der Waals surface area contributed by atoms with Crippen molar-refractivity contribution in [2.24, 2.45) is 0 Å². The molecular formula is C25H29NO4. The molecule has 5 nitrogen and oxygen atoms in total. The number of rotatable bonds is 5. The minimum atomic E-state index is -0.747. The molecule has 0 spiro atoms. The summed E-state index contributed by atoms with van der Waals surface area (Å²) in [5, 5.41) is 0. The number of allylic oxidation sites excluding steroid dienone is 1. The third kappa shape index (κ3) is 4.90. The highest BCUT2D eigenvalue weighted by Crippen LogP contribution is 2.43. The fraction of sp³-hybridized carbons (Fsp3) is 0.360. The second-order valence-corrected chi connectivity index (χ2v) is 8.39. The summed E-state index contributed by atoms with van der Waals surface area (Å²) < 4.78 is 11.7. The molecule has 1 aliphatic rings. The number of carbonyl (C=O) groups excluding carboxylic acids is 2. The van der Waals surface area contributed by atoms with Gasteiger partial charge in [0.25, 0.3) is 0 Å². The number of esters is 1. The molecule has 1 heterocycles. The second kappa shape index (κ2) is 9.16. The molecule has 1 amide bonds. The lowest BCUT2D eigenvalue weighted by molar-refractivity contribution is -0.174. The average molecular weight is 408 g/mol. The van der Waals surface area contributed by atoms with Crippen molar-refractivity contribution in [3.63, 3.8) is 0 Å². The van der Waals surface area contributed by atoms with Gasteiger partial charge in [0.1, 0.15) is 17.7 Å². The van der Waals surface area contributed by atoms with Gasteiger partial charge in [-0.15, -0.1) is 6.58 Å². The normalized spacial score (nSPS) is 21.6. The first-order valence-electron chi connectivity index (χ1n) is 10.2. The summed E-state index contributed by atoms with van der Waals surface area (Å²) in [6.07, 6.45) is 1.58. The number of hydrogen-bond acceptors (Lipinski definition) is 4. The predicted octanol–water partition coefficient (Wildman–Crippen LogP) is 5.60. The molecule has 0 bridgehead atoms. The summed E-state index contributed by atoms with van der Waals surface area (Å²) in [5.74, 6) is -0.427. The first-order valence-corrected chi connectivity index (χ1v) is 10.2. The Bertz CT molecular complexity index is 873. The maximum absolute atomic E-state index is 13.4. The van der Waals surface area contributed by atoms with E-state index in [1.165, 1.54) is 0 Å². The van der Waals surface area contributed by atoms with Crippen LogP contribution in [0.25, 0.3) is 0 Å². The predicted molar refractivity (Wildman–Crippen MR) is 116 cm³/mol. The third-order valence-corrected chi connectivity index (χ3v) is 4.96. The van der Waals surface area contributed by atoms with Gasteiger partial charge in [0.15, 0.2) is 6.10 Å². The van der Waals surface area contributed by atoms with E-state index in [9.17, 15) is 9.59 Å². The molecule has 2 aromatic carbocycles. The van der Waals surface area contributed by atoms with E-state index in [1.807, 2.05) is 81.4 Å². The second-order valence-electron chi connectivity index (χ2n) is 8.39.